The highest BCUT2D eigenvalue weighted by molar-refractivity contribution is 5.91. The Morgan fingerprint density at radius 3 is 2.08 bits per heavy atom. The highest BCUT2D eigenvalue weighted by atomic mass is 16.5. The Labute approximate surface area is 77.6 Å². The van der Waals surface area contributed by atoms with Gasteiger partial charge in [0.1, 0.15) is 5.78 Å². The molecule has 0 atom stereocenters. The van der Waals surface area contributed by atoms with Crippen LogP contribution in [-0.4, -0.2) is 27.6 Å². The SMILES string of the molecule is CCC(=O)C(O)(O)CC(=O)C(C)C. The molecule has 0 aliphatic heterocycles. The summed E-state index contributed by atoms with van der Waals surface area (Å²) in [5.74, 6) is -3.81. The van der Waals surface area contributed by atoms with Crippen molar-refractivity contribution < 1.29 is 19.8 Å². The smallest absolute Gasteiger partial charge is 0.231 e. The zero-order valence-corrected chi connectivity index (χ0v) is 8.20. The largest absolute Gasteiger partial charge is 0.359 e. The van der Waals surface area contributed by atoms with Gasteiger partial charge in [-0.2, -0.15) is 0 Å². The molecule has 0 fully saturated rings. The Bertz CT molecular complexity index is 206. The molecule has 0 rings (SSSR count). The zero-order valence-electron chi connectivity index (χ0n) is 8.20. The fourth-order valence-electron chi connectivity index (χ4n) is 0.829. The molecule has 0 saturated carbocycles. The molecule has 0 aromatic carbocycles. The lowest BCUT2D eigenvalue weighted by molar-refractivity contribution is -0.186. The number of rotatable bonds is 5. The molecule has 0 bridgehead atoms. The molecular weight excluding hydrogens is 172 g/mol. The fraction of sp³-hybridized carbons (Fsp3) is 0.778. The predicted molar refractivity (Wildman–Crippen MR) is 46.9 cm³/mol. The molecule has 0 aromatic rings. The maximum atomic E-state index is 11.1. The van der Waals surface area contributed by atoms with Gasteiger partial charge in [-0.25, -0.2) is 0 Å². The molecule has 0 aromatic heterocycles. The van der Waals surface area contributed by atoms with Crippen molar-refractivity contribution in [2.75, 3.05) is 0 Å². The molecule has 0 aliphatic carbocycles. The van der Waals surface area contributed by atoms with Crippen LogP contribution in [0, 0.1) is 5.92 Å². The Kier molecular flexibility index (Phi) is 4.23. The number of ketones is 2. The van der Waals surface area contributed by atoms with Crippen LogP contribution in [0.4, 0.5) is 0 Å². The third kappa shape index (κ3) is 3.65. The van der Waals surface area contributed by atoms with E-state index in [0.29, 0.717) is 0 Å². The topological polar surface area (TPSA) is 74.6 Å². The number of aliphatic hydroxyl groups is 2. The summed E-state index contributed by atoms with van der Waals surface area (Å²) in [6.07, 6.45) is -0.504. The third-order valence-corrected chi connectivity index (χ3v) is 1.83. The van der Waals surface area contributed by atoms with Crippen LogP contribution >= 0.6 is 0 Å². The fourth-order valence-corrected chi connectivity index (χ4v) is 0.829. The molecule has 4 nitrogen and oxygen atoms in total. The van der Waals surface area contributed by atoms with Gasteiger partial charge in [-0.1, -0.05) is 20.8 Å². The van der Waals surface area contributed by atoms with Crippen molar-refractivity contribution in [3.05, 3.63) is 0 Å². The molecule has 0 spiro atoms. The van der Waals surface area contributed by atoms with E-state index in [4.69, 9.17) is 0 Å². The van der Waals surface area contributed by atoms with Gasteiger partial charge in [0, 0.05) is 12.3 Å². The van der Waals surface area contributed by atoms with Crippen LogP contribution in [0.15, 0.2) is 0 Å². The van der Waals surface area contributed by atoms with Gasteiger partial charge in [0.05, 0.1) is 6.42 Å². The van der Waals surface area contributed by atoms with Gasteiger partial charge >= 0.3 is 0 Å². The Morgan fingerprint density at radius 1 is 1.31 bits per heavy atom. The lowest BCUT2D eigenvalue weighted by Crippen LogP contribution is -2.40. The Balaban J connectivity index is 4.33. The van der Waals surface area contributed by atoms with Gasteiger partial charge < -0.3 is 10.2 Å². The number of hydrogen-bond acceptors (Lipinski definition) is 4. The first-order valence-corrected chi connectivity index (χ1v) is 4.32. The van der Waals surface area contributed by atoms with E-state index in [1.165, 1.54) is 6.92 Å². The van der Waals surface area contributed by atoms with Crippen LogP contribution in [-0.2, 0) is 9.59 Å². The molecule has 0 radical (unpaired) electrons. The van der Waals surface area contributed by atoms with E-state index in [9.17, 15) is 19.8 Å². The van der Waals surface area contributed by atoms with E-state index in [1.807, 2.05) is 0 Å². The van der Waals surface area contributed by atoms with Crippen molar-refractivity contribution in [1.82, 2.24) is 0 Å². The molecule has 0 aliphatic rings. The summed E-state index contributed by atoms with van der Waals surface area (Å²) in [6, 6.07) is 0. The number of carbonyl (C=O) groups is 2. The van der Waals surface area contributed by atoms with Crippen LogP contribution in [0.1, 0.15) is 33.6 Å². The number of hydrogen-bond donors (Lipinski definition) is 2. The van der Waals surface area contributed by atoms with E-state index < -0.39 is 18.0 Å². The molecule has 0 heterocycles. The summed E-state index contributed by atoms with van der Waals surface area (Å²) in [5.41, 5.74) is 0. The van der Waals surface area contributed by atoms with Gasteiger partial charge in [-0.05, 0) is 0 Å². The van der Waals surface area contributed by atoms with E-state index in [1.54, 1.807) is 13.8 Å². The second-order valence-corrected chi connectivity index (χ2v) is 3.39. The molecular formula is C9H16O4. The third-order valence-electron chi connectivity index (χ3n) is 1.83. The minimum absolute atomic E-state index is 0.0123. The Morgan fingerprint density at radius 2 is 1.77 bits per heavy atom. The van der Waals surface area contributed by atoms with Gasteiger partial charge in [-0.3, -0.25) is 9.59 Å². The molecule has 76 valence electrons. The van der Waals surface area contributed by atoms with Crippen molar-refractivity contribution in [3.8, 4) is 0 Å². The van der Waals surface area contributed by atoms with Gasteiger partial charge in [0.25, 0.3) is 0 Å². The molecule has 0 saturated heterocycles. The van der Waals surface area contributed by atoms with Crippen molar-refractivity contribution in [1.29, 1.82) is 0 Å². The Hall–Kier alpha value is -0.740. The van der Waals surface area contributed by atoms with Crippen molar-refractivity contribution in [2.45, 2.75) is 39.4 Å². The average molecular weight is 188 g/mol. The maximum absolute atomic E-state index is 11.1. The van der Waals surface area contributed by atoms with Gasteiger partial charge in [-0.15, -0.1) is 0 Å². The van der Waals surface area contributed by atoms with Crippen molar-refractivity contribution in [3.63, 3.8) is 0 Å². The predicted octanol–water partition coefficient (Wildman–Crippen LogP) is 0.262. The standard InChI is InChI=1S/C9H16O4/c1-4-8(11)9(12,13)5-7(10)6(2)3/h6,12-13H,4-5H2,1-3H3. The van der Waals surface area contributed by atoms with E-state index >= 15 is 0 Å². The summed E-state index contributed by atoms with van der Waals surface area (Å²) >= 11 is 0. The summed E-state index contributed by atoms with van der Waals surface area (Å²) in [5, 5.41) is 18.4. The highest BCUT2D eigenvalue weighted by Gasteiger charge is 2.34. The first-order valence-electron chi connectivity index (χ1n) is 4.32. The van der Waals surface area contributed by atoms with Crippen LogP contribution in [0.5, 0.6) is 0 Å². The summed E-state index contributed by atoms with van der Waals surface area (Å²) in [6.45, 7) is 4.81. The molecule has 4 heteroatoms. The monoisotopic (exact) mass is 188 g/mol. The quantitative estimate of drug-likeness (QED) is 0.607. The van der Waals surface area contributed by atoms with Gasteiger partial charge in [0.2, 0.25) is 5.79 Å². The van der Waals surface area contributed by atoms with Gasteiger partial charge in [0.15, 0.2) is 5.78 Å². The van der Waals surface area contributed by atoms with E-state index in [0.717, 1.165) is 0 Å². The number of carbonyl (C=O) groups excluding carboxylic acids is 2. The van der Waals surface area contributed by atoms with Crippen molar-refractivity contribution >= 4 is 11.6 Å². The lowest BCUT2D eigenvalue weighted by Gasteiger charge is -2.19. The first-order chi connectivity index (χ1) is 5.81. The summed E-state index contributed by atoms with van der Waals surface area (Å²) < 4.78 is 0. The molecule has 0 unspecified atom stereocenters. The van der Waals surface area contributed by atoms with E-state index in [-0.39, 0.29) is 18.1 Å². The second-order valence-electron chi connectivity index (χ2n) is 3.39. The van der Waals surface area contributed by atoms with Crippen LogP contribution in [0.2, 0.25) is 0 Å². The second kappa shape index (κ2) is 4.48. The van der Waals surface area contributed by atoms with E-state index in [2.05, 4.69) is 0 Å². The van der Waals surface area contributed by atoms with Crippen LogP contribution in [0.3, 0.4) is 0 Å². The van der Waals surface area contributed by atoms with Crippen molar-refractivity contribution in [2.24, 2.45) is 5.92 Å². The minimum Gasteiger partial charge on any atom is -0.359 e. The van der Waals surface area contributed by atoms with Crippen LogP contribution in [0.25, 0.3) is 0 Å². The maximum Gasteiger partial charge on any atom is 0.231 e. The zero-order chi connectivity index (χ0) is 10.6. The minimum atomic E-state index is -2.48. The first kappa shape index (κ1) is 12.3. The number of Topliss-reactive ketones (excluding diaryl/α,β-unsaturated/α-hetero) is 2. The van der Waals surface area contributed by atoms with Crippen LogP contribution < -0.4 is 0 Å². The highest BCUT2D eigenvalue weighted by Crippen LogP contribution is 2.13. The lowest BCUT2D eigenvalue weighted by atomic mass is 9.97. The normalized spacial score (nSPS) is 11.8. The summed E-state index contributed by atoms with van der Waals surface area (Å²) in [7, 11) is 0. The molecule has 2 N–H and O–H groups in total. The molecule has 13 heavy (non-hydrogen) atoms. The molecule has 0 amide bonds. The summed E-state index contributed by atoms with van der Waals surface area (Å²) in [4.78, 5) is 22.0. The average Bonchev–Trinajstić information content (AvgIpc) is 2.01.